The molecule has 0 amide bonds. The van der Waals surface area contributed by atoms with Gasteiger partial charge in [-0.15, -0.1) is 12.4 Å². The van der Waals surface area contributed by atoms with E-state index in [1.165, 1.54) is 19.3 Å². The highest BCUT2D eigenvalue weighted by Crippen LogP contribution is 2.61. The Bertz CT molecular complexity index is 186. The van der Waals surface area contributed by atoms with E-state index in [0.29, 0.717) is 16.9 Å². The molecule has 2 aliphatic carbocycles. The fraction of sp³-hybridized carbons (Fsp3) is 1.00. The Balaban J connectivity index is 0.000000720. The standard InChI is InChI=1S/C10H19N.ClH/c1-9(2)7-4-5-10(3,6-7)8(9)11;/h7-8H,4-6,11H2,1-3H3;1H. The van der Waals surface area contributed by atoms with Gasteiger partial charge >= 0.3 is 0 Å². The van der Waals surface area contributed by atoms with Crippen molar-refractivity contribution in [2.24, 2.45) is 22.5 Å². The van der Waals surface area contributed by atoms with Crippen LogP contribution in [-0.4, -0.2) is 6.04 Å². The van der Waals surface area contributed by atoms with Crippen LogP contribution in [-0.2, 0) is 0 Å². The molecule has 0 spiro atoms. The fourth-order valence-corrected chi connectivity index (χ4v) is 3.34. The molecule has 0 saturated heterocycles. The molecule has 3 atom stereocenters. The van der Waals surface area contributed by atoms with Gasteiger partial charge in [0.25, 0.3) is 0 Å². The summed E-state index contributed by atoms with van der Waals surface area (Å²) in [5, 5.41) is 0. The van der Waals surface area contributed by atoms with Gasteiger partial charge in [0, 0.05) is 6.04 Å². The van der Waals surface area contributed by atoms with Crippen molar-refractivity contribution in [1.82, 2.24) is 0 Å². The Labute approximate surface area is 81.5 Å². The molecule has 1 nitrogen and oxygen atoms in total. The first-order chi connectivity index (χ1) is 4.97. The van der Waals surface area contributed by atoms with Gasteiger partial charge in [-0.3, -0.25) is 0 Å². The van der Waals surface area contributed by atoms with E-state index in [2.05, 4.69) is 20.8 Å². The topological polar surface area (TPSA) is 26.0 Å². The number of hydrogen-bond donors (Lipinski definition) is 1. The zero-order chi connectivity index (χ0) is 8.28. The van der Waals surface area contributed by atoms with E-state index in [4.69, 9.17) is 5.73 Å². The van der Waals surface area contributed by atoms with Gasteiger partial charge in [-0.1, -0.05) is 20.8 Å². The summed E-state index contributed by atoms with van der Waals surface area (Å²) in [5.41, 5.74) is 7.12. The maximum atomic E-state index is 6.23. The van der Waals surface area contributed by atoms with Crippen molar-refractivity contribution >= 4 is 12.4 Å². The zero-order valence-electron chi connectivity index (χ0n) is 8.26. The van der Waals surface area contributed by atoms with Crippen LogP contribution < -0.4 is 5.73 Å². The second kappa shape index (κ2) is 2.62. The highest BCUT2D eigenvalue weighted by atomic mass is 35.5. The molecular formula is C10H20ClN. The van der Waals surface area contributed by atoms with Gasteiger partial charge in [-0.25, -0.2) is 0 Å². The third-order valence-corrected chi connectivity index (χ3v) is 4.38. The maximum absolute atomic E-state index is 6.23. The van der Waals surface area contributed by atoms with Crippen LogP contribution in [0.15, 0.2) is 0 Å². The minimum atomic E-state index is 0. The van der Waals surface area contributed by atoms with E-state index in [1.54, 1.807) is 0 Å². The molecule has 2 fully saturated rings. The Morgan fingerprint density at radius 2 is 1.83 bits per heavy atom. The van der Waals surface area contributed by atoms with E-state index in [1.807, 2.05) is 0 Å². The van der Waals surface area contributed by atoms with Crippen LogP contribution in [0.5, 0.6) is 0 Å². The smallest absolute Gasteiger partial charge is 0.0147 e. The zero-order valence-corrected chi connectivity index (χ0v) is 9.08. The van der Waals surface area contributed by atoms with Crippen LogP contribution in [0.4, 0.5) is 0 Å². The molecule has 0 heterocycles. The molecule has 2 saturated carbocycles. The molecule has 0 aromatic carbocycles. The largest absolute Gasteiger partial charge is 0.327 e. The lowest BCUT2D eigenvalue weighted by Crippen LogP contribution is -2.46. The molecule has 12 heavy (non-hydrogen) atoms. The van der Waals surface area contributed by atoms with E-state index in [0.717, 1.165) is 5.92 Å². The Hall–Kier alpha value is 0.250. The van der Waals surface area contributed by atoms with Crippen LogP contribution in [0.2, 0.25) is 0 Å². The Kier molecular flexibility index (Phi) is 2.25. The first-order valence-electron chi connectivity index (χ1n) is 4.72. The molecule has 3 unspecified atom stereocenters. The molecule has 2 heteroatoms. The van der Waals surface area contributed by atoms with E-state index < -0.39 is 0 Å². The SMILES string of the molecule is CC12CCC(C1)C(C)(C)C2N.Cl. The summed E-state index contributed by atoms with van der Waals surface area (Å²) >= 11 is 0. The summed E-state index contributed by atoms with van der Waals surface area (Å²) in [5.74, 6) is 0.905. The summed E-state index contributed by atoms with van der Waals surface area (Å²) in [6.07, 6.45) is 4.15. The lowest BCUT2D eigenvalue weighted by atomic mass is 9.69. The van der Waals surface area contributed by atoms with Gasteiger partial charge in [0.1, 0.15) is 0 Å². The summed E-state index contributed by atoms with van der Waals surface area (Å²) in [6, 6.07) is 0.439. The number of nitrogens with two attached hydrogens (primary N) is 1. The molecule has 72 valence electrons. The Morgan fingerprint density at radius 1 is 1.25 bits per heavy atom. The molecule has 2 N–H and O–H groups in total. The van der Waals surface area contributed by atoms with Crippen LogP contribution in [0.3, 0.4) is 0 Å². The highest BCUT2D eigenvalue weighted by Gasteiger charge is 2.57. The molecule has 0 aromatic rings. The average Bonchev–Trinajstić information content (AvgIpc) is 2.36. The highest BCUT2D eigenvalue weighted by molar-refractivity contribution is 5.85. The van der Waals surface area contributed by atoms with Gasteiger partial charge in [-0.05, 0) is 36.0 Å². The molecule has 0 aromatic heterocycles. The minimum Gasteiger partial charge on any atom is -0.327 e. The lowest BCUT2D eigenvalue weighted by Gasteiger charge is -2.40. The van der Waals surface area contributed by atoms with Crippen LogP contribution in [0.1, 0.15) is 40.0 Å². The third-order valence-electron chi connectivity index (χ3n) is 4.38. The summed E-state index contributed by atoms with van der Waals surface area (Å²) in [4.78, 5) is 0. The van der Waals surface area contributed by atoms with Gasteiger partial charge in [-0.2, -0.15) is 0 Å². The van der Waals surface area contributed by atoms with Gasteiger partial charge in [0.15, 0.2) is 0 Å². The predicted octanol–water partition coefficient (Wildman–Crippen LogP) is 2.58. The van der Waals surface area contributed by atoms with Crippen LogP contribution in [0.25, 0.3) is 0 Å². The molecule has 0 aliphatic heterocycles. The van der Waals surface area contributed by atoms with Crippen molar-refractivity contribution in [2.45, 2.75) is 46.1 Å². The monoisotopic (exact) mass is 189 g/mol. The minimum absolute atomic E-state index is 0. The number of rotatable bonds is 0. The average molecular weight is 190 g/mol. The molecule has 0 radical (unpaired) electrons. The summed E-state index contributed by atoms with van der Waals surface area (Å²) in [7, 11) is 0. The van der Waals surface area contributed by atoms with Crippen molar-refractivity contribution in [1.29, 1.82) is 0 Å². The van der Waals surface area contributed by atoms with E-state index >= 15 is 0 Å². The third kappa shape index (κ3) is 1.03. The number of halogens is 1. The Morgan fingerprint density at radius 3 is 2.08 bits per heavy atom. The lowest BCUT2D eigenvalue weighted by molar-refractivity contribution is 0.141. The second-order valence-electron chi connectivity index (χ2n) is 5.39. The van der Waals surface area contributed by atoms with Crippen molar-refractivity contribution in [3.63, 3.8) is 0 Å². The number of fused-ring (bicyclic) bond motifs is 2. The van der Waals surface area contributed by atoms with Crippen LogP contribution >= 0.6 is 12.4 Å². The van der Waals surface area contributed by atoms with E-state index in [-0.39, 0.29) is 12.4 Å². The maximum Gasteiger partial charge on any atom is 0.0147 e. The van der Waals surface area contributed by atoms with Gasteiger partial charge in [0.05, 0.1) is 0 Å². The molecule has 2 aliphatic rings. The van der Waals surface area contributed by atoms with Crippen LogP contribution in [0, 0.1) is 16.7 Å². The predicted molar refractivity (Wildman–Crippen MR) is 54.5 cm³/mol. The number of hydrogen-bond acceptors (Lipinski definition) is 1. The quantitative estimate of drug-likeness (QED) is 0.623. The summed E-state index contributed by atoms with van der Waals surface area (Å²) in [6.45, 7) is 7.05. The normalized spacial score (nSPS) is 49.0. The second-order valence-corrected chi connectivity index (χ2v) is 5.39. The summed E-state index contributed by atoms with van der Waals surface area (Å²) < 4.78 is 0. The van der Waals surface area contributed by atoms with Gasteiger partial charge < -0.3 is 5.73 Å². The first-order valence-corrected chi connectivity index (χ1v) is 4.72. The van der Waals surface area contributed by atoms with Crippen molar-refractivity contribution in [3.8, 4) is 0 Å². The van der Waals surface area contributed by atoms with Crippen molar-refractivity contribution < 1.29 is 0 Å². The molecular weight excluding hydrogens is 170 g/mol. The fourth-order valence-electron chi connectivity index (χ4n) is 3.34. The van der Waals surface area contributed by atoms with Crippen molar-refractivity contribution in [2.75, 3.05) is 0 Å². The molecule has 2 bridgehead atoms. The van der Waals surface area contributed by atoms with Gasteiger partial charge in [0.2, 0.25) is 0 Å². The van der Waals surface area contributed by atoms with Crippen molar-refractivity contribution in [3.05, 3.63) is 0 Å². The van der Waals surface area contributed by atoms with E-state index in [9.17, 15) is 0 Å². The first kappa shape index (κ1) is 10.3. The molecule has 2 rings (SSSR count).